The van der Waals surface area contributed by atoms with Crippen LogP contribution in [0, 0.1) is 5.41 Å². The van der Waals surface area contributed by atoms with E-state index in [-0.39, 0.29) is 15.0 Å². The Morgan fingerprint density at radius 2 is 2.06 bits per heavy atom. The van der Waals surface area contributed by atoms with E-state index in [0.717, 1.165) is 0 Å². The monoisotopic (exact) mass is 339 g/mol. The molecule has 0 aromatic carbocycles. The van der Waals surface area contributed by atoms with Gasteiger partial charge in [-0.05, 0) is 27.9 Å². The van der Waals surface area contributed by atoms with Gasteiger partial charge < -0.3 is 5.73 Å². The van der Waals surface area contributed by atoms with Gasteiger partial charge in [0.1, 0.15) is 0 Å². The number of hydrogen-bond acceptors (Lipinski definition) is 5. The van der Waals surface area contributed by atoms with Crippen LogP contribution in [0.3, 0.4) is 0 Å². The number of aryl methyl sites for hydroxylation is 1. The van der Waals surface area contributed by atoms with E-state index >= 15 is 0 Å². The van der Waals surface area contributed by atoms with Crippen molar-refractivity contribution in [3.05, 3.63) is 4.60 Å². The quantitative estimate of drug-likeness (QED) is 0.825. The Morgan fingerprint density at radius 1 is 1.50 bits per heavy atom. The molecule has 0 unspecified atom stereocenters. The highest BCUT2D eigenvalue weighted by atomic mass is 79.9. The number of nitrogens with zero attached hydrogens (tertiary/aromatic N) is 4. The van der Waals surface area contributed by atoms with Gasteiger partial charge in [0.15, 0.2) is 4.60 Å². The molecule has 0 atom stereocenters. The molecule has 0 saturated carbocycles. The summed E-state index contributed by atoms with van der Waals surface area (Å²) in [4.78, 5) is 0. The molecule has 0 aliphatic rings. The Balaban J connectivity index is 3.09. The fourth-order valence-electron chi connectivity index (χ4n) is 1.50. The first-order valence-electron chi connectivity index (χ1n) is 5.33. The van der Waals surface area contributed by atoms with Crippen molar-refractivity contribution in [2.75, 3.05) is 20.1 Å². The van der Waals surface area contributed by atoms with Crippen LogP contribution in [-0.4, -0.2) is 47.9 Å². The smallest absolute Gasteiger partial charge is 0.262 e. The first-order valence-corrected chi connectivity index (χ1v) is 7.57. The maximum atomic E-state index is 12.4. The van der Waals surface area contributed by atoms with E-state index in [9.17, 15) is 8.42 Å². The van der Waals surface area contributed by atoms with Crippen LogP contribution in [-0.2, 0) is 17.1 Å². The van der Waals surface area contributed by atoms with E-state index in [2.05, 4.69) is 26.2 Å². The highest BCUT2D eigenvalue weighted by Gasteiger charge is 2.31. The standard InChI is InChI=1S/C9H18BrN5O2S/c1-9(2,5-11)6-14(3)18(16,17)8-7(10)12-13-15(8)4/h5-6,11H2,1-4H3. The van der Waals surface area contributed by atoms with Gasteiger partial charge >= 0.3 is 0 Å². The molecule has 1 aromatic rings. The van der Waals surface area contributed by atoms with Gasteiger partial charge in [-0.3, -0.25) is 0 Å². The zero-order valence-corrected chi connectivity index (χ0v) is 13.3. The van der Waals surface area contributed by atoms with Gasteiger partial charge in [0.2, 0.25) is 5.03 Å². The third-order valence-electron chi connectivity index (χ3n) is 2.60. The van der Waals surface area contributed by atoms with Crippen molar-refractivity contribution in [3.63, 3.8) is 0 Å². The van der Waals surface area contributed by atoms with Crippen molar-refractivity contribution in [2.24, 2.45) is 18.2 Å². The second-order valence-electron chi connectivity index (χ2n) is 4.94. The highest BCUT2D eigenvalue weighted by molar-refractivity contribution is 9.10. The Bertz CT molecular complexity index is 506. The van der Waals surface area contributed by atoms with Crippen molar-refractivity contribution < 1.29 is 8.42 Å². The zero-order valence-electron chi connectivity index (χ0n) is 10.9. The molecule has 9 heteroatoms. The molecule has 2 N–H and O–H groups in total. The number of nitrogens with two attached hydrogens (primary N) is 1. The lowest BCUT2D eigenvalue weighted by molar-refractivity contribution is 0.290. The van der Waals surface area contributed by atoms with Crippen LogP contribution >= 0.6 is 15.9 Å². The van der Waals surface area contributed by atoms with E-state index in [0.29, 0.717) is 13.1 Å². The normalized spacial score (nSPS) is 13.3. The molecular weight excluding hydrogens is 322 g/mol. The molecule has 0 fully saturated rings. The number of sulfonamides is 1. The summed E-state index contributed by atoms with van der Waals surface area (Å²) in [7, 11) is -0.577. The fourth-order valence-corrected chi connectivity index (χ4v) is 3.88. The van der Waals surface area contributed by atoms with Crippen LogP contribution in [0.1, 0.15) is 13.8 Å². The lowest BCUT2D eigenvalue weighted by Gasteiger charge is -2.28. The minimum atomic E-state index is -3.63. The fraction of sp³-hybridized carbons (Fsp3) is 0.778. The molecule has 1 heterocycles. The maximum absolute atomic E-state index is 12.4. The summed E-state index contributed by atoms with van der Waals surface area (Å²) in [6.45, 7) is 4.55. The molecule has 0 bridgehead atoms. The molecule has 0 radical (unpaired) electrons. The molecule has 0 amide bonds. The summed E-state index contributed by atoms with van der Waals surface area (Å²) >= 11 is 3.09. The van der Waals surface area contributed by atoms with Crippen molar-refractivity contribution >= 4 is 26.0 Å². The lowest BCUT2D eigenvalue weighted by Crippen LogP contribution is -2.40. The lowest BCUT2D eigenvalue weighted by atomic mass is 9.94. The summed E-state index contributed by atoms with van der Waals surface area (Å²) < 4.78 is 27.5. The Labute approximate surface area is 116 Å². The van der Waals surface area contributed by atoms with Gasteiger partial charge in [-0.15, -0.1) is 5.10 Å². The molecular formula is C9H18BrN5O2S. The van der Waals surface area contributed by atoms with Crippen LogP contribution in [0.2, 0.25) is 0 Å². The van der Waals surface area contributed by atoms with Crippen LogP contribution in [0.15, 0.2) is 9.63 Å². The van der Waals surface area contributed by atoms with Gasteiger partial charge in [-0.1, -0.05) is 19.1 Å². The number of rotatable bonds is 5. The second-order valence-corrected chi connectivity index (χ2v) is 7.65. The molecule has 0 spiro atoms. The summed E-state index contributed by atoms with van der Waals surface area (Å²) in [5.41, 5.74) is 5.32. The second kappa shape index (κ2) is 5.24. The minimum Gasteiger partial charge on any atom is -0.330 e. The molecule has 0 saturated heterocycles. The first-order chi connectivity index (χ1) is 8.12. The van der Waals surface area contributed by atoms with E-state index in [4.69, 9.17) is 5.73 Å². The number of hydrogen-bond donors (Lipinski definition) is 1. The molecule has 7 nitrogen and oxygen atoms in total. The van der Waals surface area contributed by atoms with Crippen LogP contribution in [0.4, 0.5) is 0 Å². The molecule has 18 heavy (non-hydrogen) atoms. The number of aromatic nitrogens is 3. The third kappa shape index (κ3) is 3.08. The molecule has 1 rings (SSSR count). The first kappa shape index (κ1) is 15.5. The summed E-state index contributed by atoms with van der Waals surface area (Å²) in [6, 6.07) is 0. The Hall–Kier alpha value is -0.510. The van der Waals surface area contributed by atoms with Gasteiger partial charge in [-0.25, -0.2) is 13.1 Å². The predicted molar refractivity (Wildman–Crippen MR) is 71.4 cm³/mol. The SMILES string of the molecule is CN(CC(C)(C)CN)S(=O)(=O)c1c(Br)nnn1C. The molecule has 0 aliphatic heterocycles. The van der Waals surface area contributed by atoms with Crippen molar-refractivity contribution in [1.29, 1.82) is 0 Å². The van der Waals surface area contributed by atoms with Gasteiger partial charge in [-0.2, -0.15) is 4.31 Å². The summed E-state index contributed by atoms with van der Waals surface area (Å²) in [6.07, 6.45) is 0. The highest BCUT2D eigenvalue weighted by Crippen LogP contribution is 2.24. The maximum Gasteiger partial charge on any atom is 0.262 e. The average Bonchev–Trinajstić information content (AvgIpc) is 2.58. The average molecular weight is 340 g/mol. The van der Waals surface area contributed by atoms with E-state index in [1.807, 2.05) is 13.8 Å². The van der Waals surface area contributed by atoms with Crippen LogP contribution in [0.5, 0.6) is 0 Å². The summed E-state index contributed by atoms with van der Waals surface area (Å²) in [5.74, 6) is 0. The van der Waals surface area contributed by atoms with E-state index in [1.54, 1.807) is 0 Å². The van der Waals surface area contributed by atoms with Crippen molar-refractivity contribution in [2.45, 2.75) is 18.9 Å². The topological polar surface area (TPSA) is 94.1 Å². The van der Waals surface area contributed by atoms with Gasteiger partial charge in [0.05, 0.1) is 0 Å². The van der Waals surface area contributed by atoms with Gasteiger partial charge in [0.25, 0.3) is 10.0 Å². The largest absolute Gasteiger partial charge is 0.330 e. The van der Waals surface area contributed by atoms with E-state index in [1.165, 1.54) is 23.1 Å². The molecule has 104 valence electrons. The van der Waals surface area contributed by atoms with E-state index < -0.39 is 10.0 Å². The Morgan fingerprint density at radius 3 is 2.44 bits per heavy atom. The van der Waals surface area contributed by atoms with Crippen molar-refractivity contribution in [1.82, 2.24) is 19.3 Å². The minimum absolute atomic E-state index is 0.0396. The summed E-state index contributed by atoms with van der Waals surface area (Å²) in [5, 5.41) is 7.39. The predicted octanol–water partition coefficient (Wildman–Crippen LogP) is 0.183. The number of halogens is 1. The van der Waals surface area contributed by atoms with Gasteiger partial charge in [0, 0.05) is 20.6 Å². The molecule has 0 aliphatic carbocycles. The van der Waals surface area contributed by atoms with Crippen molar-refractivity contribution in [3.8, 4) is 0 Å². The van der Waals surface area contributed by atoms with Crippen LogP contribution in [0.25, 0.3) is 0 Å². The Kier molecular flexibility index (Phi) is 4.52. The zero-order chi connectivity index (χ0) is 14.1. The third-order valence-corrected chi connectivity index (χ3v) is 5.29. The molecule has 1 aromatic heterocycles. The van der Waals surface area contributed by atoms with Crippen LogP contribution < -0.4 is 5.73 Å².